The molecule has 6 aliphatic carbocycles. The quantitative estimate of drug-likeness (QED) is 0.350. The van der Waals surface area contributed by atoms with E-state index in [1.807, 2.05) is 6.07 Å². The Labute approximate surface area is 239 Å². The summed E-state index contributed by atoms with van der Waals surface area (Å²) in [6.07, 6.45) is 12.7. The van der Waals surface area contributed by atoms with Crippen molar-refractivity contribution in [1.29, 1.82) is 0 Å². The molecule has 6 saturated carbocycles. The lowest BCUT2D eigenvalue weighted by molar-refractivity contribution is -0.158. The highest BCUT2D eigenvalue weighted by atomic mass is 19.1. The van der Waals surface area contributed by atoms with Crippen LogP contribution in [0.2, 0.25) is 0 Å². The van der Waals surface area contributed by atoms with Crippen molar-refractivity contribution >= 4 is 11.6 Å². The van der Waals surface area contributed by atoms with Crippen molar-refractivity contribution in [2.24, 2.45) is 16.7 Å². The summed E-state index contributed by atoms with van der Waals surface area (Å²) >= 11 is 0. The molecule has 6 aliphatic rings. The third kappa shape index (κ3) is 4.26. The van der Waals surface area contributed by atoms with Crippen molar-refractivity contribution in [3.05, 3.63) is 47.6 Å². The molecule has 0 spiro atoms. The number of methoxy groups -OCH3 is 1. The van der Waals surface area contributed by atoms with Crippen LogP contribution in [0.25, 0.3) is 11.1 Å². The summed E-state index contributed by atoms with van der Waals surface area (Å²) in [4.78, 5) is 26.4. The summed E-state index contributed by atoms with van der Waals surface area (Å²) in [6.45, 7) is 6.30. The Kier molecular flexibility index (Phi) is 5.87. The number of fused-ring (bicyclic) bond motifs is 3. The molecule has 0 aliphatic heterocycles. The molecule has 8 nitrogen and oxygen atoms in total. The molecule has 1 N–H and O–H groups in total. The van der Waals surface area contributed by atoms with Gasteiger partial charge in [-0.05, 0) is 87.2 Å². The number of nitrogens with one attached hydrogen (secondary N) is 1. The topological polar surface area (TPSA) is 103 Å². The third-order valence-electron chi connectivity index (χ3n) is 10.6. The summed E-state index contributed by atoms with van der Waals surface area (Å²) in [6, 6.07) is 3.95. The maximum atomic E-state index is 16.3. The van der Waals surface area contributed by atoms with E-state index in [1.165, 1.54) is 7.11 Å². The fourth-order valence-corrected chi connectivity index (χ4v) is 7.73. The smallest absolute Gasteiger partial charge is 0.316 e. The monoisotopic (exact) mass is 559 g/mol. The highest BCUT2D eigenvalue weighted by Gasteiger charge is 2.61. The number of hydrogen-bond acceptors (Lipinski definition) is 7. The lowest BCUT2D eigenvalue weighted by atomic mass is 9.44. The fourth-order valence-electron chi connectivity index (χ4n) is 7.73. The van der Waals surface area contributed by atoms with Crippen LogP contribution < -0.4 is 10.1 Å². The first kappa shape index (κ1) is 26.5. The van der Waals surface area contributed by atoms with Crippen molar-refractivity contribution < 1.29 is 18.4 Å². The Morgan fingerprint density at radius 3 is 2.27 bits per heavy atom. The number of amides is 1. The minimum atomic E-state index is -0.422. The predicted molar refractivity (Wildman–Crippen MR) is 151 cm³/mol. The number of anilines is 1. The van der Waals surface area contributed by atoms with Crippen molar-refractivity contribution in [2.75, 3.05) is 12.4 Å². The number of carbonyl (C=O) groups excluding carboxylic acids is 1. The third-order valence-corrected chi connectivity index (χ3v) is 10.6. The molecule has 1 amide bonds. The van der Waals surface area contributed by atoms with Crippen LogP contribution in [0.15, 0.2) is 29.0 Å². The Morgan fingerprint density at radius 2 is 1.73 bits per heavy atom. The van der Waals surface area contributed by atoms with Gasteiger partial charge in [-0.2, -0.15) is 4.98 Å². The predicted octanol–water partition coefficient (Wildman–Crippen LogP) is 6.55. The summed E-state index contributed by atoms with van der Waals surface area (Å²) in [5, 5.41) is 7.22. The van der Waals surface area contributed by atoms with Crippen molar-refractivity contribution in [3.63, 3.8) is 0 Å². The average Bonchev–Trinajstić information content (AvgIpc) is 3.42. The molecule has 41 heavy (non-hydrogen) atoms. The minimum absolute atomic E-state index is 0.0614. The first-order chi connectivity index (χ1) is 19.5. The summed E-state index contributed by atoms with van der Waals surface area (Å²) in [5.74, 6) is 1.72. The van der Waals surface area contributed by atoms with E-state index in [0.717, 1.165) is 81.5 Å². The Balaban J connectivity index is 1.16. The van der Waals surface area contributed by atoms with Crippen LogP contribution in [0.1, 0.15) is 95.8 Å². The number of aromatic nitrogens is 4. The second-order valence-corrected chi connectivity index (χ2v) is 14.3. The number of rotatable bonds is 7. The van der Waals surface area contributed by atoms with Gasteiger partial charge in [-0.1, -0.05) is 32.0 Å². The van der Waals surface area contributed by atoms with Gasteiger partial charge < -0.3 is 14.6 Å². The Morgan fingerprint density at radius 1 is 1.07 bits per heavy atom. The van der Waals surface area contributed by atoms with Crippen LogP contribution in [0, 0.1) is 22.6 Å². The molecule has 0 radical (unpaired) electrons. The first-order valence-corrected chi connectivity index (χ1v) is 14.9. The lowest BCUT2D eigenvalue weighted by Crippen LogP contribution is -2.58. The number of carbonyl (C=O) groups is 1. The van der Waals surface area contributed by atoms with Gasteiger partial charge in [0.15, 0.2) is 11.6 Å². The molecular weight excluding hydrogens is 521 g/mol. The van der Waals surface area contributed by atoms with E-state index >= 15 is 4.39 Å². The van der Waals surface area contributed by atoms with Gasteiger partial charge in [0.2, 0.25) is 11.8 Å². The van der Waals surface area contributed by atoms with Crippen LogP contribution in [0.5, 0.6) is 6.01 Å². The molecule has 1 aromatic carbocycles. The number of hydrogen-bond donors (Lipinski definition) is 1. The van der Waals surface area contributed by atoms with Crippen LogP contribution in [0.4, 0.5) is 10.1 Å². The number of benzene rings is 1. The van der Waals surface area contributed by atoms with Gasteiger partial charge in [0, 0.05) is 34.4 Å². The zero-order chi connectivity index (χ0) is 28.6. The van der Waals surface area contributed by atoms with E-state index in [2.05, 4.69) is 41.2 Å². The second-order valence-electron chi connectivity index (χ2n) is 14.3. The molecule has 6 fully saturated rings. The summed E-state index contributed by atoms with van der Waals surface area (Å²) < 4.78 is 27.3. The fraction of sp³-hybridized carbons (Fsp3) is 0.594. The van der Waals surface area contributed by atoms with Gasteiger partial charge in [0.1, 0.15) is 0 Å². The molecule has 4 bridgehead atoms. The van der Waals surface area contributed by atoms with Crippen LogP contribution in [-0.2, 0) is 22.0 Å². The molecule has 9 rings (SSSR count). The van der Waals surface area contributed by atoms with Crippen molar-refractivity contribution in [3.8, 4) is 17.1 Å². The number of ether oxygens (including phenoxy) is 1. The SMILES string of the molecule is COc1ncc(-c2c(CC34CCC(c5nc(C(C)(C)C)no5)(CC3)CC4)ccc(NC(=O)C34CC(C3)C4)c2F)cn1. The summed E-state index contributed by atoms with van der Waals surface area (Å²) in [5.41, 5.74) is 1.75. The van der Waals surface area contributed by atoms with E-state index in [9.17, 15) is 4.79 Å². The maximum absolute atomic E-state index is 16.3. The average molecular weight is 560 g/mol. The van der Waals surface area contributed by atoms with Gasteiger partial charge >= 0.3 is 6.01 Å². The normalized spacial score (nSPS) is 29.9. The molecule has 216 valence electrons. The van der Waals surface area contributed by atoms with Crippen LogP contribution >= 0.6 is 0 Å². The van der Waals surface area contributed by atoms with E-state index < -0.39 is 5.82 Å². The molecule has 0 atom stereocenters. The molecule has 2 aromatic heterocycles. The van der Waals surface area contributed by atoms with Gasteiger partial charge in [-0.15, -0.1) is 0 Å². The van der Waals surface area contributed by atoms with E-state index in [0.29, 0.717) is 17.0 Å². The Hall–Kier alpha value is -3.36. The largest absolute Gasteiger partial charge is 0.467 e. The summed E-state index contributed by atoms with van der Waals surface area (Å²) in [7, 11) is 1.51. The van der Waals surface area contributed by atoms with Gasteiger partial charge in [-0.25, -0.2) is 14.4 Å². The molecular formula is C32H38FN5O3. The zero-order valence-electron chi connectivity index (χ0n) is 24.3. The van der Waals surface area contributed by atoms with E-state index in [4.69, 9.17) is 14.2 Å². The first-order valence-electron chi connectivity index (χ1n) is 14.9. The lowest BCUT2D eigenvalue weighted by Gasteiger charge is -2.60. The standard InChI is InChI=1S/C32H38FN5O3/c1-29(2,3)25-37-27(41-38-25)31-10-7-30(8-11-31,9-12-31)16-20-5-6-22(36-26(39)32-13-19(14-32)15-32)24(33)23(20)21-17-34-28(40-4)35-18-21/h5-6,17-19H,7-16H2,1-4H3,(H,36,39). The van der Waals surface area contributed by atoms with E-state index in [-0.39, 0.29) is 39.3 Å². The molecule has 2 heterocycles. The van der Waals surface area contributed by atoms with Crippen molar-refractivity contribution in [2.45, 2.75) is 95.8 Å². The van der Waals surface area contributed by atoms with Crippen molar-refractivity contribution in [1.82, 2.24) is 20.1 Å². The maximum Gasteiger partial charge on any atom is 0.316 e. The molecule has 0 saturated heterocycles. The number of halogens is 1. The second kappa shape index (κ2) is 9.07. The molecule has 9 heteroatoms. The van der Waals surface area contributed by atoms with E-state index in [1.54, 1.807) is 18.5 Å². The van der Waals surface area contributed by atoms with Gasteiger partial charge in [0.25, 0.3) is 0 Å². The molecule has 0 unspecified atom stereocenters. The zero-order valence-corrected chi connectivity index (χ0v) is 24.3. The van der Waals surface area contributed by atoms with Crippen LogP contribution in [-0.4, -0.2) is 33.1 Å². The van der Waals surface area contributed by atoms with Gasteiger partial charge in [-0.3, -0.25) is 4.79 Å². The molecule has 3 aromatic rings. The number of nitrogens with zero attached hydrogens (tertiary/aromatic N) is 4. The minimum Gasteiger partial charge on any atom is -0.467 e. The highest BCUT2D eigenvalue weighted by Crippen LogP contribution is 2.65. The van der Waals surface area contributed by atoms with Gasteiger partial charge in [0.05, 0.1) is 18.2 Å². The Bertz CT molecular complexity index is 1470. The highest BCUT2D eigenvalue weighted by molar-refractivity contribution is 5.98. The van der Waals surface area contributed by atoms with Crippen LogP contribution in [0.3, 0.4) is 0 Å².